The first kappa shape index (κ1) is 77.5. The van der Waals surface area contributed by atoms with Crippen molar-refractivity contribution in [1.29, 1.82) is 0 Å². The molecule has 0 heterocycles. The van der Waals surface area contributed by atoms with Crippen molar-refractivity contribution in [2.24, 2.45) is 0 Å². The van der Waals surface area contributed by atoms with Crippen molar-refractivity contribution in [3.05, 3.63) is 72.9 Å². The minimum atomic E-state index is -4.71. The number of nitrogens with one attached hydrogen (secondary N) is 1. The van der Waals surface area contributed by atoms with Crippen LogP contribution in [-0.2, 0) is 27.9 Å². The molecule has 0 aromatic heterocycles. The number of unbranched alkanes of at least 4 members (excludes halogenated alkanes) is 35. The quantitative estimate of drug-likeness (QED) is 0.0212. The van der Waals surface area contributed by atoms with Gasteiger partial charge in [0.15, 0.2) is 0 Å². The number of hydrogen-bond acceptors (Lipinski definition) is 7. The number of ether oxygens (including phenoxy) is 1. The van der Waals surface area contributed by atoms with E-state index in [0.29, 0.717) is 23.9 Å². The summed E-state index contributed by atoms with van der Waals surface area (Å²) in [7, 11) is 1.17. The Morgan fingerprint density at radius 2 is 0.762 bits per heavy atom. The molecule has 0 spiro atoms. The molecular formula is C70H129N2O7P. The van der Waals surface area contributed by atoms with E-state index >= 15 is 0 Å². The lowest BCUT2D eigenvalue weighted by molar-refractivity contribution is -0.870. The molecule has 3 unspecified atom stereocenters. The second-order valence-electron chi connectivity index (χ2n) is 24.0. The summed E-state index contributed by atoms with van der Waals surface area (Å²) < 4.78 is 30.4. The van der Waals surface area contributed by atoms with Crippen LogP contribution in [0.15, 0.2) is 72.9 Å². The first-order valence-corrected chi connectivity index (χ1v) is 35.2. The highest BCUT2D eigenvalue weighted by atomic mass is 31.2. The number of nitrogens with zero attached hydrogens (tertiary/aromatic N) is 1. The number of rotatable bonds is 61. The maximum Gasteiger partial charge on any atom is 0.306 e. The van der Waals surface area contributed by atoms with Gasteiger partial charge in [0.05, 0.1) is 33.8 Å². The second-order valence-corrected chi connectivity index (χ2v) is 25.4. The fourth-order valence-electron chi connectivity index (χ4n) is 9.62. The van der Waals surface area contributed by atoms with Crippen molar-refractivity contribution in [3.8, 4) is 0 Å². The van der Waals surface area contributed by atoms with E-state index in [-0.39, 0.29) is 24.9 Å². The van der Waals surface area contributed by atoms with Crippen molar-refractivity contribution in [2.75, 3.05) is 40.9 Å². The number of amides is 1. The highest BCUT2D eigenvalue weighted by Crippen LogP contribution is 2.38. The van der Waals surface area contributed by atoms with E-state index in [9.17, 15) is 19.0 Å². The van der Waals surface area contributed by atoms with Crippen LogP contribution in [0.3, 0.4) is 0 Å². The summed E-state index contributed by atoms with van der Waals surface area (Å²) in [4.78, 5) is 40.1. The predicted octanol–water partition coefficient (Wildman–Crippen LogP) is 20.5. The number of carbonyl (C=O) groups excluding carboxylic acids is 2. The van der Waals surface area contributed by atoms with Crippen molar-refractivity contribution >= 4 is 19.7 Å². The van der Waals surface area contributed by atoms with E-state index in [4.69, 9.17) is 13.8 Å². The van der Waals surface area contributed by atoms with Crippen molar-refractivity contribution in [1.82, 2.24) is 5.32 Å². The van der Waals surface area contributed by atoms with Gasteiger partial charge in [-0.2, -0.15) is 0 Å². The summed E-state index contributed by atoms with van der Waals surface area (Å²) in [6.07, 6.45) is 77.3. The number of carbonyl (C=O) groups is 2. The first-order valence-electron chi connectivity index (χ1n) is 33.7. The number of hydrogen-bond donors (Lipinski definition) is 1. The minimum Gasteiger partial charge on any atom is -0.756 e. The molecule has 10 heteroatoms. The Hall–Kier alpha value is -2.55. The highest BCUT2D eigenvalue weighted by molar-refractivity contribution is 7.45. The number of quaternary nitrogens is 1. The van der Waals surface area contributed by atoms with Gasteiger partial charge in [-0.15, -0.1) is 0 Å². The largest absolute Gasteiger partial charge is 0.756 e. The van der Waals surface area contributed by atoms with Crippen LogP contribution in [0.1, 0.15) is 310 Å². The smallest absolute Gasteiger partial charge is 0.306 e. The molecule has 0 radical (unpaired) electrons. The van der Waals surface area contributed by atoms with Gasteiger partial charge < -0.3 is 28.5 Å². The zero-order valence-electron chi connectivity index (χ0n) is 53.3. The molecule has 0 saturated carbocycles. The van der Waals surface area contributed by atoms with Crippen molar-refractivity contribution < 1.29 is 37.3 Å². The molecule has 0 bridgehead atoms. The molecule has 80 heavy (non-hydrogen) atoms. The third kappa shape index (κ3) is 60.1. The van der Waals surface area contributed by atoms with Crippen molar-refractivity contribution in [3.63, 3.8) is 0 Å². The summed E-state index contributed by atoms with van der Waals surface area (Å²) in [6, 6.07) is -0.902. The molecule has 1 N–H and O–H groups in total. The molecule has 0 rings (SSSR count). The Bertz CT molecular complexity index is 1600. The third-order valence-electron chi connectivity index (χ3n) is 14.9. The SMILES string of the molecule is CCCCC/C=C\C/C=C\C/C=C\CCCCCCC(=O)NC(COP(=O)([O-])OCC[N+](C)(C)C)C(/C=C\CCCCCCCCCCCC)OC(=O)CCCCCCCCCCCCCCCCC/C=C\C/C=C\CCCCC. The van der Waals surface area contributed by atoms with Crippen LogP contribution < -0.4 is 10.2 Å². The molecule has 0 aliphatic rings. The van der Waals surface area contributed by atoms with Crippen LogP contribution in [0, 0.1) is 0 Å². The minimum absolute atomic E-state index is 0.0281. The van der Waals surface area contributed by atoms with E-state index in [2.05, 4.69) is 86.8 Å². The zero-order valence-corrected chi connectivity index (χ0v) is 54.2. The van der Waals surface area contributed by atoms with E-state index in [1.807, 2.05) is 33.3 Å². The van der Waals surface area contributed by atoms with Gasteiger partial charge in [-0.1, -0.05) is 267 Å². The topological polar surface area (TPSA) is 114 Å². The highest BCUT2D eigenvalue weighted by Gasteiger charge is 2.27. The van der Waals surface area contributed by atoms with Gasteiger partial charge in [0, 0.05) is 12.8 Å². The van der Waals surface area contributed by atoms with Gasteiger partial charge in [0.25, 0.3) is 7.82 Å². The molecule has 1 amide bonds. The Balaban J connectivity index is 5.12. The lowest BCUT2D eigenvalue weighted by atomic mass is 10.0. The van der Waals surface area contributed by atoms with Crippen LogP contribution in [0.4, 0.5) is 0 Å². The van der Waals surface area contributed by atoms with Gasteiger partial charge >= 0.3 is 5.97 Å². The van der Waals surface area contributed by atoms with E-state index in [1.165, 1.54) is 186 Å². The first-order chi connectivity index (χ1) is 38.9. The molecule has 9 nitrogen and oxygen atoms in total. The molecule has 0 aromatic rings. The molecule has 3 atom stereocenters. The Morgan fingerprint density at radius 3 is 1.16 bits per heavy atom. The summed E-state index contributed by atoms with van der Waals surface area (Å²) >= 11 is 0. The van der Waals surface area contributed by atoms with E-state index in [1.54, 1.807) is 0 Å². The van der Waals surface area contributed by atoms with Gasteiger partial charge in [-0.3, -0.25) is 14.2 Å². The average Bonchev–Trinajstić information content (AvgIpc) is 3.42. The predicted molar refractivity (Wildman–Crippen MR) is 344 cm³/mol. The summed E-state index contributed by atoms with van der Waals surface area (Å²) in [6.45, 7) is 6.79. The third-order valence-corrected chi connectivity index (χ3v) is 15.8. The monoisotopic (exact) mass is 1140 g/mol. The van der Waals surface area contributed by atoms with E-state index < -0.39 is 26.6 Å². The average molecular weight is 1140 g/mol. The molecular weight excluding hydrogens is 1010 g/mol. The van der Waals surface area contributed by atoms with Crippen LogP contribution in [0.5, 0.6) is 0 Å². The van der Waals surface area contributed by atoms with Gasteiger partial charge in [-0.25, -0.2) is 0 Å². The lowest BCUT2D eigenvalue weighted by Gasteiger charge is -2.30. The Labute approximate surface area is 495 Å². The molecule has 466 valence electrons. The fraction of sp³-hybridized carbons (Fsp3) is 0.800. The normalized spacial score (nSPS) is 14.0. The Kier molecular flexibility index (Phi) is 57.7. The molecule has 0 aliphatic heterocycles. The van der Waals surface area contributed by atoms with Gasteiger partial charge in [0.2, 0.25) is 5.91 Å². The van der Waals surface area contributed by atoms with Crippen LogP contribution in [0.25, 0.3) is 0 Å². The Morgan fingerprint density at radius 1 is 0.438 bits per heavy atom. The van der Waals surface area contributed by atoms with Crippen molar-refractivity contribution in [2.45, 2.75) is 322 Å². The maximum atomic E-state index is 13.5. The number of likely N-dealkylation sites (N-methyl/N-ethyl adjacent to an activating group) is 1. The molecule has 0 aromatic carbocycles. The maximum absolute atomic E-state index is 13.5. The number of allylic oxidation sites excluding steroid dienone is 11. The summed E-state index contributed by atoms with van der Waals surface area (Å²) in [5.41, 5.74) is 0. The summed E-state index contributed by atoms with van der Waals surface area (Å²) in [5.74, 6) is -0.560. The fourth-order valence-corrected chi connectivity index (χ4v) is 10.3. The lowest BCUT2D eigenvalue weighted by Crippen LogP contribution is -2.47. The van der Waals surface area contributed by atoms with Gasteiger partial charge in [-0.05, 0) is 102 Å². The van der Waals surface area contributed by atoms with E-state index in [0.717, 1.165) is 83.5 Å². The molecule has 0 saturated heterocycles. The number of phosphoric acid groups is 1. The zero-order chi connectivity index (χ0) is 58.6. The molecule has 0 fully saturated rings. The number of phosphoric ester groups is 1. The van der Waals surface area contributed by atoms with Gasteiger partial charge in [0.1, 0.15) is 19.3 Å². The molecule has 0 aliphatic carbocycles. The number of esters is 1. The van der Waals surface area contributed by atoms with Crippen LogP contribution >= 0.6 is 7.82 Å². The standard InChI is InChI=1S/C70H129N2O7P/c1-7-10-13-16-19-22-25-28-30-32-33-34-35-36-37-38-39-41-43-45-48-51-54-57-60-63-70(74)79-68(61-58-55-52-49-46-27-24-21-18-15-12-9-3)67(66-78-80(75,76)77-65-64-72(4,5)6)71-69(73)62-59-56-53-50-47-44-42-40-31-29-26-23-20-17-14-11-8-2/h19-20,22-23,28-31,42,44,58,61,67-68H,7-18,21,24-27,32-41,43,45-57,59-60,62-66H2,1-6H3,(H-,71,73,75,76)/b22-19-,23-20-,30-28-,31-29-,44-42-,61-58-. The van der Waals surface area contributed by atoms with Crippen LogP contribution in [-0.4, -0.2) is 69.4 Å². The summed E-state index contributed by atoms with van der Waals surface area (Å²) in [5, 5.41) is 3.02. The second kappa shape index (κ2) is 59.6. The van der Waals surface area contributed by atoms with Crippen LogP contribution in [0.2, 0.25) is 0 Å².